The van der Waals surface area contributed by atoms with Crippen molar-refractivity contribution in [2.75, 3.05) is 33.4 Å². The number of amides is 2. The molecule has 0 saturated carbocycles. The molecule has 2 rings (SSSR count). The Morgan fingerprint density at radius 1 is 1.35 bits per heavy atom. The molecular formula is C18H23F3N2O3. The van der Waals surface area contributed by atoms with Crippen molar-refractivity contribution in [3.05, 3.63) is 35.4 Å². The van der Waals surface area contributed by atoms with Gasteiger partial charge in [0.05, 0.1) is 11.5 Å². The van der Waals surface area contributed by atoms with E-state index in [9.17, 15) is 22.8 Å². The Kier molecular flexibility index (Phi) is 7.02. The van der Waals surface area contributed by atoms with Crippen molar-refractivity contribution >= 4 is 11.8 Å². The van der Waals surface area contributed by atoms with E-state index in [0.717, 1.165) is 12.1 Å². The lowest BCUT2D eigenvalue weighted by Gasteiger charge is -2.32. The predicted molar refractivity (Wildman–Crippen MR) is 89.6 cm³/mol. The minimum Gasteiger partial charge on any atom is -0.385 e. The summed E-state index contributed by atoms with van der Waals surface area (Å²) in [6.45, 7) is 1.68. The van der Waals surface area contributed by atoms with Crippen LogP contribution in [0, 0.1) is 5.92 Å². The van der Waals surface area contributed by atoms with Crippen molar-refractivity contribution < 1.29 is 27.5 Å². The fourth-order valence-electron chi connectivity index (χ4n) is 2.96. The lowest BCUT2D eigenvalue weighted by molar-refractivity contribution is -0.137. The average Bonchev–Trinajstić information content (AvgIpc) is 2.64. The third-order valence-corrected chi connectivity index (χ3v) is 4.34. The standard InChI is InChI=1S/C18H23F3N2O3/c1-26-10-4-8-22-16(24)14-6-3-9-23(12-14)17(25)13-5-2-7-15(11-13)18(19,20)21/h2,5,7,11,14H,3-4,6,8-10,12H2,1H3,(H,22,24). The lowest BCUT2D eigenvalue weighted by Crippen LogP contribution is -2.45. The third-order valence-electron chi connectivity index (χ3n) is 4.34. The Bertz CT molecular complexity index is 634. The minimum atomic E-state index is -4.50. The third kappa shape index (κ3) is 5.45. The van der Waals surface area contributed by atoms with Gasteiger partial charge in [0.2, 0.25) is 5.91 Å². The van der Waals surface area contributed by atoms with Gasteiger partial charge in [0.25, 0.3) is 5.91 Å². The van der Waals surface area contributed by atoms with Gasteiger partial charge >= 0.3 is 6.18 Å². The van der Waals surface area contributed by atoms with Crippen molar-refractivity contribution in [2.45, 2.75) is 25.4 Å². The first-order valence-electron chi connectivity index (χ1n) is 8.56. The van der Waals surface area contributed by atoms with E-state index in [1.807, 2.05) is 0 Å². The van der Waals surface area contributed by atoms with Crippen LogP contribution in [-0.4, -0.2) is 50.1 Å². The number of hydrogen-bond acceptors (Lipinski definition) is 3. The summed E-state index contributed by atoms with van der Waals surface area (Å²) >= 11 is 0. The second kappa shape index (κ2) is 9.02. The van der Waals surface area contributed by atoms with Crippen LogP contribution in [0.2, 0.25) is 0 Å². The maximum Gasteiger partial charge on any atom is 0.416 e. The zero-order valence-electron chi connectivity index (χ0n) is 14.6. The zero-order valence-corrected chi connectivity index (χ0v) is 14.6. The van der Waals surface area contributed by atoms with Crippen LogP contribution in [0.5, 0.6) is 0 Å². The number of likely N-dealkylation sites (tertiary alicyclic amines) is 1. The SMILES string of the molecule is COCCCNC(=O)C1CCCN(C(=O)c2cccc(C(F)(F)F)c2)C1. The number of ether oxygens (including phenoxy) is 1. The number of hydrogen-bond donors (Lipinski definition) is 1. The molecule has 1 aliphatic heterocycles. The number of carbonyl (C=O) groups is 2. The van der Waals surface area contributed by atoms with Gasteiger partial charge in [-0.05, 0) is 37.5 Å². The molecule has 1 heterocycles. The van der Waals surface area contributed by atoms with Gasteiger partial charge in [-0.15, -0.1) is 0 Å². The number of carbonyl (C=O) groups excluding carboxylic acids is 2. The molecule has 1 aromatic rings. The van der Waals surface area contributed by atoms with Gasteiger partial charge in [0.1, 0.15) is 0 Å². The van der Waals surface area contributed by atoms with E-state index in [1.54, 1.807) is 7.11 Å². The molecule has 1 saturated heterocycles. The maximum atomic E-state index is 12.8. The van der Waals surface area contributed by atoms with Crippen LogP contribution in [0.3, 0.4) is 0 Å². The Balaban J connectivity index is 1.98. The second-order valence-electron chi connectivity index (χ2n) is 6.31. The highest BCUT2D eigenvalue weighted by Gasteiger charge is 2.32. The van der Waals surface area contributed by atoms with Gasteiger partial charge in [-0.3, -0.25) is 9.59 Å². The van der Waals surface area contributed by atoms with Crippen LogP contribution in [-0.2, 0) is 15.7 Å². The number of piperidine rings is 1. The monoisotopic (exact) mass is 372 g/mol. The van der Waals surface area contributed by atoms with Crippen LogP contribution < -0.4 is 5.32 Å². The van der Waals surface area contributed by atoms with E-state index in [2.05, 4.69) is 5.32 Å². The van der Waals surface area contributed by atoms with Gasteiger partial charge < -0.3 is 15.0 Å². The van der Waals surface area contributed by atoms with Gasteiger partial charge in [0.15, 0.2) is 0 Å². The first-order valence-corrected chi connectivity index (χ1v) is 8.56. The first-order chi connectivity index (χ1) is 12.3. The Morgan fingerprint density at radius 2 is 2.12 bits per heavy atom. The van der Waals surface area contributed by atoms with Crippen LogP contribution >= 0.6 is 0 Å². The highest BCUT2D eigenvalue weighted by atomic mass is 19.4. The number of alkyl halides is 3. The molecule has 2 amide bonds. The molecule has 1 aliphatic rings. The van der Waals surface area contributed by atoms with E-state index >= 15 is 0 Å². The molecule has 1 unspecified atom stereocenters. The van der Waals surface area contributed by atoms with Crippen LogP contribution in [0.25, 0.3) is 0 Å². The molecule has 5 nitrogen and oxygen atoms in total. The Hall–Kier alpha value is -2.09. The van der Waals surface area contributed by atoms with Crippen molar-refractivity contribution in [3.63, 3.8) is 0 Å². The molecule has 8 heteroatoms. The molecule has 26 heavy (non-hydrogen) atoms. The van der Waals surface area contributed by atoms with Gasteiger partial charge in [-0.2, -0.15) is 13.2 Å². The summed E-state index contributed by atoms with van der Waals surface area (Å²) in [6, 6.07) is 4.38. The van der Waals surface area contributed by atoms with Crippen molar-refractivity contribution in [1.29, 1.82) is 0 Å². The van der Waals surface area contributed by atoms with Crippen LogP contribution in [0.1, 0.15) is 35.2 Å². The highest BCUT2D eigenvalue weighted by Crippen LogP contribution is 2.30. The minimum absolute atomic E-state index is 0.0130. The molecule has 144 valence electrons. The summed E-state index contributed by atoms with van der Waals surface area (Å²) in [5.74, 6) is -0.961. The summed E-state index contributed by atoms with van der Waals surface area (Å²) < 4.78 is 43.4. The molecule has 1 fully saturated rings. The summed E-state index contributed by atoms with van der Waals surface area (Å²) in [5, 5.41) is 2.81. The number of halogens is 3. The molecule has 1 atom stereocenters. The highest BCUT2D eigenvalue weighted by molar-refractivity contribution is 5.95. The van der Waals surface area contributed by atoms with Crippen LogP contribution in [0.15, 0.2) is 24.3 Å². The van der Waals surface area contributed by atoms with Crippen molar-refractivity contribution in [3.8, 4) is 0 Å². The predicted octanol–water partition coefficient (Wildman–Crippen LogP) is 2.71. The molecule has 0 aliphatic carbocycles. The van der Waals surface area contributed by atoms with Gasteiger partial charge in [-0.25, -0.2) is 0 Å². The van der Waals surface area contributed by atoms with Crippen LogP contribution in [0.4, 0.5) is 13.2 Å². The van der Waals surface area contributed by atoms with Crippen molar-refractivity contribution in [1.82, 2.24) is 10.2 Å². The lowest BCUT2D eigenvalue weighted by atomic mass is 9.96. The van der Waals surface area contributed by atoms with Gasteiger partial charge in [0, 0.05) is 38.9 Å². The molecule has 1 aromatic carbocycles. The summed E-state index contributed by atoms with van der Waals surface area (Å²) in [5.41, 5.74) is -0.867. The number of rotatable bonds is 6. The molecular weight excluding hydrogens is 349 g/mol. The quantitative estimate of drug-likeness (QED) is 0.781. The fourth-order valence-corrected chi connectivity index (χ4v) is 2.96. The van der Waals surface area contributed by atoms with E-state index < -0.39 is 17.6 Å². The molecule has 0 bridgehead atoms. The Morgan fingerprint density at radius 3 is 2.81 bits per heavy atom. The van der Waals surface area contributed by atoms with Crippen molar-refractivity contribution in [2.24, 2.45) is 5.92 Å². The van der Waals surface area contributed by atoms with E-state index in [4.69, 9.17) is 4.74 Å². The average molecular weight is 372 g/mol. The maximum absolute atomic E-state index is 12.8. The second-order valence-corrected chi connectivity index (χ2v) is 6.31. The zero-order chi connectivity index (χ0) is 19.2. The molecule has 0 spiro atoms. The number of nitrogens with one attached hydrogen (secondary N) is 1. The molecule has 1 N–H and O–H groups in total. The summed E-state index contributed by atoms with van der Waals surface area (Å²) in [6.07, 6.45) is -2.51. The number of benzene rings is 1. The summed E-state index contributed by atoms with van der Waals surface area (Å²) in [7, 11) is 1.58. The first kappa shape index (κ1) is 20.2. The van der Waals surface area contributed by atoms with Gasteiger partial charge in [-0.1, -0.05) is 6.07 Å². The topological polar surface area (TPSA) is 58.6 Å². The van der Waals surface area contributed by atoms with E-state index in [1.165, 1.54) is 17.0 Å². The molecule has 0 radical (unpaired) electrons. The van der Waals surface area contributed by atoms with E-state index in [-0.39, 0.29) is 23.9 Å². The molecule has 0 aromatic heterocycles. The number of nitrogens with zero attached hydrogens (tertiary/aromatic N) is 1. The summed E-state index contributed by atoms with van der Waals surface area (Å²) in [4.78, 5) is 26.2. The largest absolute Gasteiger partial charge is 0.416 e. The smallest absolute Gasteiger partial charge is 0.385 e. The number of methoxy groups -OCH3 is 1. The normalized spacial score (nSPS) is 17.8. The van der Waals surface area contributed by atoms with E-state index in [0.29, 0.717) is 39.0 Å². The fraction of sp³-hybridized carbons (Fsp3) is 0.556. The Labute approximate surface area is 150 Å².